The van der Waals surface area contributed by atoms with Crippen LogP contribution in [0, 0.1) is 11.6 Å². The topological polar surface area (TPSA) is 40.6 Å². The van der Waals surface area contributed by atoms with E-state index in [1.54, 1.807) is 0 Å². The molecule has 23 heavy (non-hydrogen) atoms. The van der Waals surface area contributed by atoms with Crippen molar-refractivity contribution in [2.75, 3.05) is 19.6 Å². The Balaban J connectivity index is 1.77. The van der Waals surface area contributed by atoms with Gasteiger partial charge < -0.3 is 9.80 Å². The molecule has 0 aliphatic carbocycles. The van der Waals surface area contributed by atoms with Crippen LogP contribution in [0.5, 0.6) is 0 Å². The number of benzene rings is 1. The normalized spacial score (nSPS) is 21.9. The quantitative estimate of drug-likeness (QED) is 0.775. The summed E-state index contributed by atoms with van der Waals surface area (Å²) in [5.74, 6) is -2.32. The van der Waals surface area contributed by atoms with E-state index in [1.807, 2.05) is 4.90 Å². The molecule has 2 saturated heterocycles. The third kappa shape index (κ3) is 3.04. The van der Waals surface area contributed by atoms with Crippen molar-refractivity contribution in [3.63, 3.8) is 0 Å². The van der Waals surface area contributed by atoms with Gasteiger partial charge in [0.2, 0.25) is 5.91 Å². The number of carbonyl (C=O) groups excluding carboxylic acids is 2. The highest BCUT2D eigenvalue weighted by atomic mass is 35.5. The van der Waals surface area contributed by atoms with Gasteiger partial charge in [-0.25, -0.2) is 8.78 Å². The largest absolute Gasteiger partial charge is 0.338 e. The fourth-order valence-electron chi connectivity index (χ4n) is 3.31. The molecule has 124 valence electrons. The van der Waals surface area contributed by atoms with Crippen molar-refractivity contribution in [2.45, 2.75) is 31.7 Å². The van der Waals surface area contributed by atoms with Gasteiger partial charge in [-0.3, -0.25) is 9.59 Å². The summed E-state index contributed by atoms with van der Waals surface area (Å²) in [6, 6.07) is 2.08. The van der Waals surface area contributed by atoms with E-state index in [0.29, 0.717) is 26.1 Å². The van der Waals surface area contributed by atoms with Crippen LogP contribution in [0.2, 0.25) is 5.02 Å². The molecular weight excluding hydrogens is 326 g/mol. The third-order valence-corrected chi connectivity index (χ3v) is 4.85. The predicted octanol–water partition coefficient (Wildman–Crippen LogP) is 2.85. The molecule has 3 rings (SSSR count). The van der Waals surface area contributed by atoms with Crippen molar-refractivity contribution in [3.05, 3.63) is 34.4 Å². The summed E-state index contributed by atoms with van der Waals surface area (Å²) >= 11 is 5.54. The first-order valence-electron chi connectivity index (χ1n) is 7.71. The zero-order valence-electron chi connectivity index (χ0n) is 12.5. The second-order valence-electron chi connectivity index (χ2n) is 5.96. The van der Waals surface area contributed by atoms with Gasteiger partial charge in [0.15, 0.2) is 5.82 Å². The fraction of sp³-hybridized carbons (Fsp3) is 0.500. The monoisotopic (exact) mass is 342 g/mol. The summed E-state index contributed by atoms with van der Waals surface area (Å²) in [5, 5.41) is -0.667. The Morgan fingerprint density at radius 2 is 2.00 bits per heavy atom. The first-order valence-corrected chi connectivity index (χ1v) is 8.09. The van der Waals surface area contributed by atoms with E-state index < -0.39 is 22.6 Å². The Morgan fingerprint density at radius 3 is 2.70 bits per heavy atom. The summed E-state index contributed by atoms with van der Waals surface area (Å²) in [6.45, 7) is 1.58. The van der Waals surface area contributed by atoms with E-state index in [0.717, 1.165) is 31.4 Å². The number of piperidine rings is 1. The Kier molecular flexibility index (Phi) is 4.53. The van der Waals surface area contributed by atoms with E-state index in [-0.39, 0.29) is 17.5 Å². The van der Waals surface area contributed by atoms with Crippen molar-refractivity contribution < 1.29 is 18.4 Å². The highest BCUT2D eigenvalue weighted by Crippen LogP contribution is 2.26. The van der Waals surface area contributed by atoms with Crippen LogP contribution in [-0.2, 0) is 4.79 Å². The van der Waals surface area contributed by atoms with Gasteiger partial charge >= 0.3 is 0 Å². The van der Waals surface area contributed by atoms with E-state index in [4.69, 9.17) is 11.6 Å². The number of halogens is 3. The van der Waals surface area contributed by atoms with Crippen LogP contribution in [0.1, 0.15) is 36.0 Å². The van der Waals surface area contributed by atoms with E-state index in [1.165, 1.54) is 4.90 Å². The molecule has 0 bridgehead atoms. The molecule has 0 radical (unpaired) electrons. The van der Waals surface area contributed by atoms with Crippen LogP contribution >= 0.6 is 11.6 Å². The molecule has 2 aliphatic heterocycles. The predicted molar refractivity (Wildman–Crippen MR) is 81.2 cm³/mol. The van der Waals surface area contributed by atoms with Gasteiger partial charge in [0.1, 0.15) is 10.8 Å². The van der Waals surface area contributed by atoms with Crippen LogP contribution < -0.4 is 0 Å². The number of nitrogens with zero attached hydrogens (tertiary/aromatic N) is 2. The first kappa shape index (κ1) is 16.2. The van der Waals surface area contributed by atoms with Crippen molar-refractivity contribution in [3.8, 4) is 0 Å². The number of carbonyl (C=O) groups is 2. The molecule has 0 N–H and O–H groups in total. The second kappa shape index (κ2) is 6.43. The molecular formula is C16H17ClF2N2O2. The maximum atomic E-state index is 14.0. The van der Waals surface area contributed by atoms with Gasteiger partial charge in [0.25, 0.3) is 5.91 Å². The Morgan fingerprint density at radius 1 is 1.22 bits per heavy atom. The molecule has 0 spiro atoms. The van der Waals surface area contributed by atoms with Gasteiger partial charge in [0.05, 0.1) is 5.56 Å². The molecule has 1 aromatic rings. The van der Waals surface area contributed by atoms with Gasteiger partial charge in [0, 0.05) is 32.1 Å². The molecule has 1 atom stereocenters. The van der Waals surface area contributed by atoms with Crippen molar-refractivity contribution in [2.24, 2.45) is 0 Å². The first-order chi connectivity index (χ1) is 11.0. The third-order valence-electron chi connectivity index (χ3n) is 4.50. The van der Waals surface area contributed by atoms with Gasteiger partial charge in [-0.15, -0.1) is 0 Å². The lowest BCUT2D eigenvalue weighted by atomic mass is 10.0. The van der Waals surface area contributed by atoms with Crippen molar-refractivity contribution in [1.29, 1.82) is 0 Å². The highest BCUT2D eigenvalue weighted by molar-refractivity contribution is 6.31. The molecule has 2 heterocycles. The minimum absolute atomic E-state index is 0.0262. The minimum Gasteiger partial charge on any atom is -0.338 e. The van der Waals surface area contributed by atoms with Crippen molar-refractivity contribution in [1.82, 2.24) is 9.80 Å². The summed E-state index contributed by atoms with van der Waals surface area (Å²) in [6.07, 6.45) is 2.97. The van der Waals surface area contributed by atoms with Crippen LogP contribution in [0.4, 0.5) is 8.78 Å². The molecule has 0 unspecified atom stereocenters. The fourth-order valence-corrected chi connectivity index (χ4v) is 3.47. The maximum absolute atomic E-state index is 14.0. The molecule has 2 amide bonds. The summed E-state index contributed by atoms with van der Waals surface area (Å²) in [7, 11) is 0. The average Bonchev–Trinajstić information content (AvgIpc) is 2.98. The number of likely N-dealkylation sites (tertiary alicyclic amines) is 2. The standard InChI is InChI=1S/C16H17ClF2N2O2/c17-14-12(18)6-5-11(15(14)19)16(23)20-7-1-3-10(9-20)21-8-2-4-13(21)22/h5-6,10H,1-4,7-9H2/t10-/m0/s1. The smallest absolute Gasteiger partial charge is 0.256 e. The summed E-state index contributed by atoms with van der Waals surface area (Å²) < 4.78 is 27.3. The Bertz CT molecular complexity index is 653. The summed E-state index contributed by atoms with van der Waals surface area (Å²) in [4.78, 5) is 27.7. The number of hydrogen-bond donors (Lipinski definition) is 0. The van der Waals surface area contributed by atoms with Crippen LogP contribution in [0.15, 0.2) is 12.1 Å². The molecule has 1 aromatic carbocycles. The SMILES string of the molecule is O=C(c1ccc(F)c(Cl)c1F)N1CCC[C@H](N2CCCC2=O)C1. The number of hydrogen-bond acceptors (Lipinski definition) is 2. The van der Waals surface area contributed by atoms with E-state index in [2.05, 4.69) is 0 Å². The van der Waals surface area contributed by atoms with Gasteiger partial charge in [-0.1, -0.05) is 11.6 Å². The van der Waals surface area contributed by atoms with Crippen LogP contribution in [0.3, 0.4) is 0 Å². The zero-order chi connectivity index (χ0) is 16.6. The molecule has 4 nitrogen and oxygen atoms in total. The van der Waals surface area contributed by atoms with E-state index >= 15 is 0 Å². The maximum Gasteiger partial charge on any atom is 0.256 e. The highest BCUT2D eigenvalue weighted by Gasteiger charge is 2.33. The molecule has 7 heteroatoms. The second-order valence-corrected chi connectivity index (χ2v) is 6.34. The average molecular weight is 343 g/mol. The number of amides is 2. The molecule has 0 aromatic heterocycles. The Labute approximate surface area is 138 Å². The lowest BCUT2D eigenvalue weighted by Gasteiger charge is -2.37. The molecule has 0 saturated carbocycles. The minimum atomic E-state index is -1.03. The molecule has 2 aliphatic rings. The summed E-state index contributed by atoms with van der Waals surface area (Å²) in [5.41, 5.74) is -0.232. The lowest BCUT2D eigenvalue weighted by Crippen LogP contribution is -2.50. The van der Waals surface area contributed by atoms with E-state index in [9.17, 15) is 18.4 Å². The van der Waals surface area contributed by atoms with Crippen LogP contribution in [-0.4, -0.2) is 47.3 Å². The zero-order valence-corrected chi connectivity index (χ0v) is 13.3. The van der Waals surface area contributed by atoms with Gasteiger partial charge in [-0.05, 0) is 31.4 Å². The van der Waals surface area contributed by atoms with Crippen molar-refractivity contribution >= 4 is 23.4 Å². The van der Waals surface area contributed by atoms with Crippen LogP contribution in [0.25, 0.3) is 0 Å². The Hall–Kier alpha value is -1.69. The number of rotatable bonds is 2. The molecule has 2 fully saturated rings. The lowest BCUT2D eigenvalue weighted by molar-refractivity contribution is -0.130. The van der Waals surface area contributed by atoms with Gasteiger partial charge in [-0.2, -0.15) is 0 Å².